The van der Waals surface area contributed by atoms with Crippen LogP contribution in [0.5, 0.6) is 0 Å². The maximum atomic E-state index is 14.0. The molecule has 2 aromatic carbocycles. The smallest absolute Gasteiger partial charge is 0.260 e. The van der Waals surface area contributed by atoms with Gasteiger partial charge in [0.25, 0.3) is 5.91 Å². The Morgan fingerprint density at radius 2 is 1.95 bits per heavy atom. The fourth-order valence-corrected chi connectivity index (χ4v) is 2.29. The third-order valence-corrected chi connectivity index (χ3v) is 3.38. The van der Waals surface area contributed by atoms with E-state index in [1.807, 2.05) is 32.0 Å². The predicted octanol–water partition coefficient (Wildman–Crippen LogP) is 3.84. The van der Waals surface area contributed by atoms with Gasteiger partial charge in [0.05, 0.1) is 11.3 Å². The molecule has 0 bridgehead atoms. The number of carbonyl (C=O) groups is 1. The molecule has 0 radical (unpaired) electrons. The first-order valence-corrected chi connectivity index (χ1v) is 6.93. The van der Waals surface area contributed by atoms with E-state index in [1.54, 1.807) is 25.2 Å². The number of benzene rings is 2. The summed E-state index contributed by atoms with van der Waals surface area (Å²) in [4.78, 5) is 14.2. The van der Waals surface area contributed by atoms with Crippen molar-refractivity contribution in [3.63, 3.8) is 0 Å². The number of hydrogen-bond donors (Lipinski definition) is 1. The number of carbonyl (C=O) groups excluding carboxylic acids is 1. The molecule has 0 saturated carbocycles. The lowest BCUT2D eigenvalue weighted by molar-refractivity contribution is 0.0988. The standard InChI is InChI=1S/C17H19FN2O/c1-4-20(16-8-6-5-7-14(16)18)17(21)13-11-12(2)9-10-15(13)19-3/h5-11,19H,4H2,1-3H3. The van der Waals surface area contributed by atoms with Crippen LogP contribution in [-0.4, -0.2) is 19.5 Å². The summed E-state index contributed by atoms with van der Waals surface area (Å²) in [6.45, 7) is 4.16. The van der Waals surface area contributed by atoms with E-state index in [-0.39, 0.29) is 5.91 Å². The maximum Gasteiger partial charge on any atom is 0.260 e. The van der Waals surface area contributed by atoms with Crippen LogP contribution < -0.4 is 10.2 Å². The van der Waals surface area contributed by atoms with E-state index in [0.717, 1.165) is 11.3 Å². The van der Waals surface area contributed by atoms with Crippen LogP contribution in [0.3, 0.4) is 0 Å². The van der Waals surface area contributed by atoms with Crippen LogP contribution in [0.2, 0.25) is 0 Å². The second-order valence-corrected chi connectivity index (χ2v) is 4.80. The molecule has 0 atom stereocenters. The normalized spacial score (nSPS) is 10.3. The first kappa shape index (κ1) is 15.0. The number of amides is 1. The number of anilines is 2. The topological polar surface area (TPSA) is 32.3 Å². The molecule has 0 aliphatic heterocycles. The van der Waals surface area contributed by atoms with Gasteiger partial charge in [-0.25, -0.2) is 4.39 Å². The molecule has 0 spiro atoms. The summed E-state index contributed by atoms with van der Waals surface area (Å²) in [6, 6.07) is 11.9. The van der Waals surface area contributed by atoms with Crippen molar-refractivity contribution in [3.05, 3.63) is 59.4 Å². The van der Waals surface area contributed by atoms with Crippen molar-refractivity contribution < 1.29 is 9.18 Å². The fraction of sp³-hybridized carbons (Fsp3) is 0.235. The summed E-state index contributed by atoms with van der Waals surface area (Å²) in [5.74, 6) is -0.609. The van der Waals surface area contributed by atoms with Gasteiger partial charge < -0.3 is 10.2 Å². The van der Waals surface area contributed by atoms with Crippen LogP contribution in [0.4, 0.5) is 15.8 Å². The van der Waals surface area contributed by atoms with Crippen LogP contribution in [0.1, 0.15) is 22.8 Å². The van der Waals surface area contributed by atoms with Gasteiger partial charge >= 0.3 is 0 Å². The maximum absolute atomic E-state index is 14.0. The molecule has 3 nitrogen and oxygen atoms in total. The molecular weight excluding hydrogens is 267 g/mol. The van der Waals surface area contributed by atoms with E-state index in [9.17, 15) is 9.18 Å². The lowest BCUT2D eigenvalue weighted by Crippen LogP contribution is -2.32. The van der Waals surface area contributed by atoms with Gasteiger partial charge in [-0.1, -0.05) is 23.8 Å². The van der Waals surface area contributed by atoms with Crippen LogP contribution in [-0.2, 0) is 0 Å². The van der Waals surface area contributed by atoms with Crippen molar-refractivity contribution in [1.82, 2.24) is 0 Å². The minimum absolute atomic E-state index is 0.212. The van der Waals surface area contributed by atoms with Crippen molar-refractivity contribution >= 4 is 17.3 Å². The van der Waals surface area contributed by atoms with Crippen LogP contribution in [0.15, 0.2) is 42.5 Å². The summed E-state index contributed by atoms with van der Waals surface area (Å²) >= 11 is 0. The van der Waals surface area contributed by atoms with Crippen molar-refractivity contribution in [1.29, 1.82) is 0 Å². The Labute approximate surface area is 124 Å². The second kappa shape index (κ2) is 6.39. The first-order valence-electron chi connectivity index (χ1n) is 6.93. The van der Waals surface area contributed by atoms with Gasteiger partial charge in [-0.3, -0.25) is 4.79 Å². The molecule has 0 aliphatic rings. The van der Waals surface area contributed by atoms with Crippen molar-refractivity contribution in [3.8, 4) is 0 Å². The SMILES string of the molecule is CCN(C(=O)c1cc(C)ccc1NC)c1ccccc1F. The molecule has 0 aliphatic carbocycles. The van der Waals surface area contributed by atoms with Gasteiger partial charge in [0.2, 0.25) is 0 Å². The van der Waals surface area contributed by atoms with E-state index in [2.05, 4.69) is 5.32 Å². The largest absolute Gasteiger partial charge is 0.387 e. The Balaban J connectivity index is 2.46. The quantitative estimate of drug-likeness (QED) is 0.926. The Kier molecular flexibility index (Phi) is 4.58. The average Bonchev–Trinajstić information content (AvgIpc) is 2.49. The van der Waals surface area contributed by atoms with E-state index >= 15 is 0 Å². The molecule has 0 heterocycles. The predicted molar refractivity (Wildman–Crippen MR) is 84.5 cm³/mol. The third-order valence-electron chi connectivity index (χ3n) is 3.38. The highest BCUT2D eigenvalue weighted by Crippen LogP contribution is 2.24. The highest BCUT2D eigenvalue weighted by molar-refractivity contribution is 6.09. The molecule has 0 fully saturated rings. The first-order chi connectivity index (χ1) is 10.1. The van der Waals surface area contributed by atoms with E-state index < -0.39 is 5.82 Å². The Bertz CT molecular complexity index is 655. The Morgan fingerprint density at radius 1 is 1.24 bits per heavy atom. The molecule has 21 heavy (non-hydrogen) atoms. The van der Waals surface area contributed by atoms with E-state index in [1.165, 1.54) is 11.0 Å². The average molecular weight is 286 g/mol. The molecule has 1 N–H and O–H groups in total. The number of aryl methyl sites for hydroxylation is 1. The number of para-hydroxylation sites is 1. The summed E-state index contributed by atoms with van der Waals surface area (Å²) < 4.78 is 14.0. The molecule has 2 rings (SSSR count). The molecule has 0 unspecified atom stereocenters. The zero-order valence-corrected chi connectivity index (χ0v) is 12.5. The van der Waals surface area contributed by atoms with Crippen LogP contribution in [0.25, 0.3) is 0 Å². The van der Waals surface area contributed by atoms with Gasteiger partial charge in [0.15, 0.2) is 0 Å². The van der Waals surface area contributed by atoms with Gasteiger partial charge in [-0.05, 0) is 38.1 Å². The van der Waals surface area contributed by atoms with Gasteiger partial charge in [0.1, 0.15) is 5.82 Å². The van der Waals surface area contributed by atoms with E-state index in [0.29, 0.717) is 17.8 Å². The summed E-state index contributed by atoms with van der Waals surface area (Å²) in [6.07, 6.45) is 0. The van der Waals surface area contributed by atoms with Crippen molar-refractivity contribution in [2.24, 2.45) is 0 Å². The minimum Gasteiger partial charge on any atom is -0.387 e. The third kappa shape index (κ3) is 3.05. The van der Waals surface area contributed by atoms with Crippen LogP contribution in [0, 0.1) is 12.7 Å². The minimum atomic E-state index is -0.397. The van der Waals surface area contributed by atoms with Crippen molar-refractivity contribution in [2.75, 3.05) is 23.8 Å². The monoisotopic (exact) mass is 286 g/mol. The van der Waals surface area contributed by atoms with Gasteiger partial charge in [-0.2, -0.15) is 0 Å². The molecular formula is C17H19FN2O. The summed E-state index contributed by atoms with van der Waals surface area (Å²) in [7, 11) is 1.76. The van der Waals surface area contributed by atoms with Crippen molar-refractivity contribution in [2.45, 2.75) is 13.8 Å². The Hall–Kier alpha value is -2.36. The van der Waals surface area contributed by atoms with Crippen LogP contribution >= 0.6 is 0 Å². The highest BCUT2D eigenvalue weighted by Gasteiger charge is 2.21. The molecule has 0 saturated heterocycles. The summed E-state index contributed by atoms with van der Waals surface area (Å²) in [5.41, 5.74) is 2.57. The second-order valence-electron chi connectivity index (χ2n) is 4.80. The molecule has 1 amide bonds. The molecule has 110 valence electrons. The number of halogens is 1. The Morgan fingerprint density at radius 3 is 2.57 bits per heavy atom. The lowest BCUT2D eigenvalue weighted by atomic mass is 10.1. The van der Waals surface area contributed by atoms with E-state index in [4.69, 9.17) is 0 Å². The zero-order valence-electron chi connectivity index (χ0n) is 12.5. The molecule has 2 aromatic rings. The molecule has 0 aromatic heterocycles. The van der Waals surface area contributed by atoms with Gasteiger partial charge in [0, 0.05) is 19.3 Å². The summed E-state index contributed by atoms with van der Waals surface area (Å²) in [5, 5.41) is 3.01. The number of rotatable bonds is 4. The number of nitrogens with zero attached hydrogens (tertiary/aromatic N) is 1. The molecule has 4 heteroatoms. The van der Waals surface area contributed by atoms with Gasteiger partial charge in [-0.15, -0.1) is 0 Å². The fourth-order valence-electron chi connectivity index (χ4n) is 2.29. The lowest BCUT2D eigenvalue weighted by Gasteiger charge is -2.23. The number of hydrogen-bond acceptors (Lipinski definition) is 2. The highest BCUT2D eigenvalue weighted by atomic mass is 19.1. The number of nitrogens with one attached hydrogen (secondary N) is 1. The zero-order chi connectivity index (χ0) is 15.4.